The summed E-state index contributed by atoms with van der Waals surface area (Å²) in [6.45, 7) is 8.82. The predicted molar refractivity (Wildman–Crippen MR) is 62.0 cm³/mol. The molecule has 1 saturated carbocycles. The van der Waals surface area contributed by atoms with Crippen molar-refractivity contribution in [2.24, 2.45) is 5.41 Å². The zero-order valence-electron chi connectivity index (χ0n) is 10.0. The third-order valence-electron chi connectivity index (χ3n) is 3.77. The van der Waals surface area contributed by atoms with Crippen molar-refractivity contribution in [2.45, 2.75) is 45.3 Å². The Labute approximate surface area is 93.0 Å². The highest BCUT2D eigenvalue weighted by atomic mass is 16.5. The Morgan fingerprint density at radius 2 is 2.27 bits per heavy atom. The summed E-state index contributed by atoms with van der Waals surface area (Å²) in [6.07, 6.45) is 4.25. The summed E-state index contributed by atoms with van der Waals surface area (Å²) >= 11 is 0. The van der Waals surface area contributed by atoms with Crippen molar-refractivity contribution in [2.75, 3.05) is 26.2 Å². The second-order valence-corrected chi connectivity index (χ2v) is 5.36. The topological polar surface area (TPSA) is 33.3 Å². The third-order valence-corrected chi connectivity index (χ3v) is 3.77. The minimum atomic E-state index is 0.483. The summed E-state index contributed by atoms with van der Waals surface area (Å²) in [4.78, 5) is 0. The standard InChI is InChI=1S/C12H24N2O/c1-3-15-11-6-10(7-11)14-9-12(2)4-5-13-8-12/h10-11,13-14H,3-9H2,1-2H3. The molecule has 0 radical (unpaired) electrons. The van der Waals surface area contributed by atoms with Crippen LogP contribution >= 0.6 is 0 Å². The average molecular weight is 212 g/mol. The van der Waals surface area contributed by atoms with E-state index in [0.717, 1.165) is 13.2 Å². The Balaban J connectivity index is 1.59. The highest BCUT2D eigenvalue weighted by molar-refractivity contribution is 4.91. The van der Waals surface area contributed by atoms with Gasteiger partial charge in [-0.25, -0.2) is 0 Å². The van der Waals surface area contributed by atoms with Gasteiger partial charge in [0.25, 0.3) is 0 Å². The zero-order chi connectivity index (χ0) is 10.7. The summed E-state index contributed by atoms with van der Waals surface area (Å²) in [5.74, 6) is 0. The van der Waals surface area contributed by atoms with Gasteiger partial charge in [0.2, 0.25) is 0 Å². The molecule has 15 heavy (non-hydrogen) atoms. The highest BCUT2D eigenvalue weighted by Crippen LogP contribution is 2.27. The minimum absolute atomic E-state index is 0.483. The maximum atomic E-state index is 5.55. The normalized spacial score (nSPS) is 40.4. The molecule has 2 N–H and O–H groups in total. The van der Waals surface area contributed by atoms with E-state index in [-0.39, 0.29) is 0 Å². The first-order valence-corrected chi connectivity index (χ1v) is 6.27. The second kappa shape index (κ2) is 4.81. The largest absolute Gasteiger partial charge is 0.378 e. The maximum absolute atomic E-state index is 5.55. The van der Waals surface area contributed by atoms with Gasteiger partial charge in [-0.05, 0) is 38.1 Å². The molecule has 88 valence electrons. The fraction of sp³-hybridized carbons (Fsp3) is 1.00. The number of rotatable bonds is 5. The van der Waals surface area contributed by atoms with Crippen LogP contribution in [0.5, 0.6) is 0 Å². The lowest BCUT2D eigenvalue weighted by Gasteiger charge is -2.37. The molecule has 2 fully saturated rings. The summed E-state index contributed by atoms with van der Waals surface area (Å²) in [6, 6.07) is 0.707. The van der Waals surface area contributed by atoms with Crippen molar-refractivity contribution in [1.82, 2.24) is 10.6 Å². The van der Waals surface area contributed by atoms with Crippen LogP contribution in [0.3, 0.4) is 0 Å². The molecule has 1 saturated heterocycles. The molecule has 1 aliphatic heterocycles. The Bertz CT molecular complexity index is 196. The lowest BCUT2D eigenvalue weighted by atomic mass is 9.85. The molecular formula is C12H24N2O. The van der Waals surface area contributed by atoms with E-state index < -0.39 is 0 Å². The molecule has 0 bridgehead atoms. The molecule has 0 amide bonds. The van der Waals surface area contributed by atoms with E-state index in [1.807, 2.05) is 0 Å². The van der Waals surface area contributed by atoms with Crippen molar-refractivity contribution in [1.29, 1.82) is 0 Å². The second-order valence-electron chi connectivity index (χ2n) is 5.36. The summed E-state index contributed by atoms with van der Waals surface area (Å²) in [7, 11) is 0. The van der Waals surface area contributed by atoms with Gasteiger partial charge >= 0.3 is 0 Å². The van der Waals surface area contributed by atoms with E-state index in [1.54, 1.807) is 0 Å². The molecule has 3 nitrogen and oxygen atoms in total. The van der Waals surface area contributed by atoms with E-state index >= 15 is 0 Å². The van der Waals surface area contributed by atoms with E-state index in [4.69, 9.17) is 4.74 Å². The molecule has 2 aliphatic rings. The Morgan fingerprint density at radius 1 is 1.47 bits per heavy atom. The van der Waals surface area contributed by atoms with Gasteiger partial charge < -0.3 is 15.4 Å². The summed E-state index contributed by atoms with van der Waals surface area (Å²) < 4.78 is 5.55. The van der Waals surface area contributed by atoms with Gasteiger partial charge in [-0.15, -0.1) is 0 Å². The quantitative estimate of drug-likeness (QED) is 0.717. The van der Waals surface area contributed by atoms with Gasteiger partial charge in [0, 0.05) is 25.7 Å². The van der Waals surface area contributed by atoms with Crippen LogP contribution in [0, 0.1) is 5.41 Å². The summed E-state index contributed by atoms with van der Waals surface area (Å²) in [5, 5.41) is 7.11. The smallest absolute Gasteiger partial charge is 0.0604 e. The fourth-order valence-corrected chi connectivity index (χ4v) is 2.51. The van der Waals surface area contributed by atoms with Crippen LogP contribution in [0.1, 0.15) is 33.1 Å². The molecule has 2 rings (SSSR count). The van der Waals surface area contributed by atoms with Crippen LogP contribution in [0.2, 0.25) is 0 Å². The highest BCUT2D eigenvalue weighted by Gasteiger charge is 2.33. The molecule has 0 aromatic heterocycles. The van der Waals surface area contributed by atoms with Crippen LogP contribution in [0.4, 0.5) is 0 Å². The van der Waals surface area contributed by atoms with Crippen molar-refractivity contribution < 1.29 is 4.74 Å². The van der Waals surface area contributed by atoms with Gasteiger partial charge in [0.05, 0.1) is 6.10 Å². The SMILES string of the molecule is CCOC1CC(NCC2(C)CCNC2)C1. The molecule has 0 aromatic rings. The predicted octanol–water partition coefficient (Wildman–Crippen LogP) is 1.14. The van der Waals surface area contributed by atoms with Crippen LogP contribution in [-0.2, 0) is 4.74 Å². The van der Waals surface area contributed by atoms with Crippen LogP contribution in [0.25, 0.3) is 0 Å². The van der Waals surface area contributed by atoms with Crippen LogP contribution < -0.4 is 10.6 Å². The van der Waals surface area contributed by atoms with Gasteiger partial charge in [0.15, 0.2) is 0 Å². The lowest BCUT2D eigenvalue weighted by molar-refractivity contribution is -0.0116. The number of hydrogen-bond donors (Lipinski definition) is 2. The molecule has 1 heterocycles. The average Bonchev–Trinajstić information content (AvgIpc) is 2.57. The van der Waals surface area contributed by atoms with E-state index in [1.165, 1.54) is 32.4 Å². The van der Waals surface area contributed by atoms with E-state index in [9.17, 15) is 0 Å². The van der Waals surface area contributed by atoms with Crippen LogP contribution in [0.15, 0.2) is 0 Å². The molecule has 0 spiro atoms. The fourth-order valence-electron chi connectivity index (χ4n) is 2.51. The van der Waals surface area contributed by atoms with Gasteiger partial charge in [-0.1, -0.05) is 6.92 Å². The van der Waals surface area contributed by atoms with E-state index in [2.05, 4.69) is 24.5 Å². The third kappa shape index (κ3) is 2.92. The Morgan fingerprint density at radius 3 is 2.87 bits per heavy atom. The maximum Gasteiger partial charge on any atom is 0.0604 e. The molecule has 1 unspecified atom stereocenters. The van der Waals surface area contributed by atoms with Gasteiger partial charge in [0.1, 0.15) is 0 Å². The molecular weight excluding hydrogens is 188 g/mol. The Kier molecular flexibility index (Phi) is 3.65. The van der Waals surface area contributed by atoms with Crippen molar-refractivity contribution in [3.05, 3.63) is 0 Å². The van der Waals surface area contributed by atoms with Crippen molar-refractivity contribution in [3.63, 3.8) is 0 Å². The van der Waals surface area contributed by atoms with Crippen molar-refractivity contribution >= 4 is 0 Å². The number of ether oxygens (including phenoxy) is 1. The monoisotopic (exact) mass is 212 g/mol. The van der Waals surface area contributed by atoms with Gasteiger partial charge in [-0.2, -0.15) is 0 Å². The van der Waals surface area contributed by atoms with E-state index in [0.29, 0.717) is 17.6 Å². The van der Waals surface area contributed by atoms with Crippen molar-refractivity contribution in [3.8, 4) is 0 Å². The molecule has 3 heteroatoms. The Hall–Kier alpha value is -0.120. The number of hydrogen-bond acceptors (Lipinski definition) is 3. The lowest BCUT2D eigenvalue weighted by Crippen LogP contribution is -2.48. The first-order valence-electron chi connectivity index (χ1n) is 6.27. The van der Waals surface area contributed by atoms with Crippen LogP contribution in [-0.4, -0.2) is 38.4 Å². The summed E-state index contributed by atoms with van der Waals surface area (Å²) in [5.41, 5.74) is 0.483. The number of nitrogens with one attached hydrogen (secondary N) is 2. The first-order chi connectivity index (χ1) is 7.22. The first kappa shape index (κ1) is 11.4. The van der Waals surface area contributed by atoms with Gasteiger partial charge in [-0.3, -0.25) is 0 Å². The molecule has 1 atom stereocenters. The zero-order valence-corrected chi connectivity index (χ0v) is 10.0. The molecule has 1 aliphatic carbocycles. The molecule has 0 aromatic carbocycles. The minimum Gasteiger partial charge on any atom is -0.378 e.